The first kappa shape index (κ1) is 21.9. The Morgan fingerprint density at radius 2 is 1.70 bits per heavy atom. The number of piperidine rings is 1. The van der Waals surface area contributed by atoms with Crippen LogP contribution in [0.25, 0.3) is 0 Å². The van der Waals surface area contributed by atoms with Crippen LogP contribution >= 0.6 is 0 Å². The van der Waals surface area contributed by atoms with Gasteiger partial charge in [-0.1, -0.05) is 17.7 Å². The molecule has 0 aliphatic carbocycles. The lowest BCUT2D eigenvalue weighted by Crippen LogP contribution is -2.41. The van der Waals surface area contributed by atoms with Crippen molar-refractivity contribution in [2.24, 2.45) is 11.7 Å². The maximum absolute atomic E-state index is 14.0. The van der Waals surface area contributed by atoms with Crippen molar-refractivity contribution < 1.29 is 22.4 Å². The number of aryl methyl sites for hydroxylation is 1. The van der Waals surface area contributed by atoms with Crippen molar-refractivity contribution in [3.05, 3.63) is 58.9 Å². The largest absolute Gasteiger partial charge is 0.366 e. The van der Waals surface area contributed by atoms with Crippen molar-refractivity contribution in [1.82, 2.24) is 4.31 Å². The van der Waals surface area contributed by atoms with Gasteiger partial charge in [-0.2, -0.15) is 4.31 Å². The summed E-state index contributed by atoms with van der Waals surface area (Å²) in [4.78, 5) is 24.2. The van der Waals surface area contributed by atoms with E-state index >= 15 is 0 Å². The molecule has 2 aromatic rings. The van der Waals surface area contributed by atoms with Crippen molar-refractivity contribution in [2.45, 2.75) is 31.6 Å². The van der Waals surface area contributed by atoms with Crippen molar-refractivity contribution in [1.29, 1.82) is 0 Å². The van der Waals surface area contributed by atoms with Crippen LogP contribution in [0.5, 0.6) is 0 Å². The zero-order chi connectivity index (χ0) is 22.1. The molecule has 1 aliphatic rings. The van der Waals surface area contributed by atoms with Crippen molar-refractivity contribution >= 4 is 27.5 Å². The first-order valence-corrected chi connectivity index (χ1v) is 11.0. The minimum absolute atomic E-state index is 0.0348. The van der Waals surface area contributed by atoms with Crippen LogP contribution in [-0.4, -0.2) is 37.6 Å². The van der Waals surface area contributed by atoms with Gasteiger partial charge >= 0.3 is 0 Å². The fraction of sp³-hybridized carbons (Fsp3) is 0.333. The minimum Gasteiger partial charge on any atom is -0.366 e. The lowest BCUT2D eigenvalue weighted by Gasteiger charge is -2.30. The maximum atomic E-state index is 14.0. The average molecular weight is 434 g/mol. The second-order valence-corrected chi connectivity index (χ2v) is 9.41. The van der Waals surface area contributed by atoms with E-state index in [0.717, 1.165) is 11.6 Å². The van der Waals surface area contributed by atoms with E-state index in [4.69, 9.17) is 5.73 Å². The predicted molar refractivity (Wildman–Crippen MR) is 111 cm³/mol. The minimum atomic E-state index is -3.61. The van der Waals surface area contributed by atoms with Crippen LogP contribution < -0.4 is 11.1 Å². The van der Waals surface area contributed by atoms with E-state index in [-0.39, 0.29) is 40.7 Å². The normalized spacial score (nSPS) is 15.7. The molecule has 1 aliphatic heterocycles. The molecule has 2 aromatic carbocycles. The molecule has 1 saturated heterocycles. The van der Waals surface area contributed by atoms with Crippen molar-refractivity contribution in [3.8, 4) is 0 Å². The molecule has 160 valence electrons. The summed E-state index contributed by atoms with van der Waals surface area (Å²) in [5, 5.41) is 2.65. The lowest BCUT2D eigenvalue weighted by molar-refractivity contribution is -0.120. The van der Waals surface area contributed by atoms with E-state index < -0.39 is 27.7 Å². The van der Waals surface area contributed by atoms with Gasteiger partial charge in [0, 0.05) is 35.8 Å². The third-order valence-corrected chi connectivity index (χ3v) is 7.28. The average Bonchev–Trinajstić information content (AvgIpc) is 2.71. The molecule has 30 heavy (non-hydrogen) atoms. The third-order valence-electron chi connectivity index (χ3n) is 5.37. The highest BCUT2D eigenvalue weighted by Crippen LogP contribution is 2.27. The molecule has 0 spiro atoms. The second kappa shape index (κ2) is 8.53. The van der Waals surface area contributed by atoms with E-state index in [1.807, 2.05) is 6.92 Å². The Morgan fingerprint density at radius 3 is 2.27 bits per heavy atom. The van der Waals surface area contributed by atoms with Gasteiger partial charge in [-0.05, 0) is 51.0 Å². The summed E-state index contributed by atoms with van der Waals surface area (Å²) in [5.41, 5.74) is 6.53. The summed E-state index contributed by atoms with van der Waals surface area (Å²) >= 11 is 0. The number of hydrogen-bond donors (Lipinski definition) is 2. The van der Waals surface area contributed by atoms with E-state index in [1.54, 1.807) is 24.3 Å². The van der Waals surface area contributed by atoms with Gasteiger partial charge in [-0.25, -0.2) is 12.8 Å². The Morgan fingerprint density at radius 1 is 1.10 bits per heavy atom. The number of anilines is 1. The molecule has 0 atom stereocenters. The van der Waals surface area contributed by atoms with Crippen molar-refractivity contribution in [3.63, 3.8) is 0 Å². The van der Waals surface area contributed by atoms with Crippen LogP contribution in [-0.2, 0) is 14.8 Å². The number of primary amides is 1. The Hall–Kier alpha value is -2.78. The highest BCUT2D eigenvalue weighted by molar-refractivity contribution is 7.89. The van der Waals surface area contributed by atoms with Crippen molar-refractivity contribution in [2.75, 3.05) is 18.4 Å². The molecule has 0 unspecified atom stereocenters. The van der Waals surface area contributed by atoms with Gasteiger partial charge in [0.15, 0.2) is 0 Å². The zero-order valence-corrected chi connectivity index (χ0v) is 17.6. The number of hydrogen-bond acceptors (Lipinski definition) is 4. The summed E-state index contributed by atoms with van der Waals surface area (Å²) < 4.78 is 41.0. The molecular weight excluding hydrogens is 409 g/mol. The van der Waals surface area contributed by atoms with Crippen LogP contribution in [0.4, 0.5) is 10.1 Å². The van der Waals surface area contributed by atoms with Gasteiger partial charge in [0.1, 0.15) is 5.82 Å². The molecule has 0 bridgehead atoms. The van der Waals surface area contributed by atoms with Gasteiger partial charge in [-0.3, -0.25) is 9.59 Å². The Labute approximate surface area is 175 Å². The molecule has 7 nitrogen and oxygen atoms in total. The smallest absolute Gasteiger partial charge is 0.248 e. The van der Waals surface area contributed by atoms with Crippen LogP contribution in [0.15, 0.2) is 41.3 Å². The molecule has 9 heteroatoms. The van der Waals surface area contributed by atoms with Gasteiger partial charge in [-0.15, -0.1) is 0 Å². The van der Waals surface area contributed by atoms with E-state index in [2.05, 4.69) is 5.32 Å². The molecule has 1 fully saturated rings. The number of nitrogens with zero attached hydrogens (tertiary/aromatic N) is 1. The summed E-state index contributed by atoms with van der Waals surface area (Å²) in [7, 11) is -3.61. The SMILES string of the molecule is Cc1ccc(S(=O)(=O)N2CCC(C(=O)Nc3cc(C(N)=O)cc(F)c3C)CC2)cc1. The number of nitrogens with two attached hydrogens (primary N) is 1. The number of carbonyl (C=O) groups excluding carboxylic acids is 2. The number of amides is 2. The van der Waals surface area contributed by atoms with Crippen LogP contribution in [0, 0.1) is 25.6 Å². The van der Waals surface area contributed by atoms with E-state index in [0.29, 0.717) is 12.8 Å². The van der Waals surface area contributed by atoms with E-state index in [1.165, 1.54) is 17.3 Å². The molecule has 3 N–H and O–H groups in total. The topological polar surface area (TPSA) is 110 Å². The fourth-order valence-corrected chi connectivity index (χ4v) is 4.87. The molecule has 2 amide bonds. The molecule has 0 aromatic heterocycles. The number of benzene rings is 2. The molecule has 3 rings (SSSR count). The lowest BCUT2D eigenvalue weighted by atomic mass is 9.97. The number of rotatable bonds is 5. The van der Waals surface area contributed by atoms with Gasteiger partial charge in [0.2, 0.25) is 21.8 Å². The Kier molecular flexibility index (Phi) is 6.23. The highest BCUT2D eigenvalue weighted by atomic mass is 32.2. The van der Waals surface area contributed by atoms with Crippen LogP contribution in [0.1, 0.15) is 34.3 Å². The molecule has 0 radical (unpaired) electrons. The monoisotopic (exact) mass is 433 g/mol. The Balaban J connectivity index is 1.67. The maximum Gasteiger partial charge on any atom is 0.248 e. The number of sulfonamides is 1. The first-order chi connectivity index (χ1) is 14.1. The first-order valence-electron chi connectivity index (χ1n) is 9.57. The van der Waals surface area contributed by atoms with Gasteiger partial charge < -0.3 is 11.1 Å². The van der Waals surface area contributed by atoms with E-state index in [9.17, 15) is 22.4 Å². The second-order valence-electron chi connectivity index (χ2n) is 7.48. The number of nitrogens with one attached hydrogen (secondary N) is 1. The van der Waals surface area contributed by atoms with Crippen LogP contribution in [0.3, 0.4) is 0 Å². The number of halogens is 1. The number of carbonyl (C=O) groups is 2. The summed E-state index contributed by atoms with van der Waals surface area (Å²) in [6.07, 6.45) is 0.682. The Bertz CT molecular complexity index is 1080. The summed E-state index contributed by atoms with van der Waals surface area (Å²) in [5.74, 6) is -2.19. The quantitative estimate of drug-likeness (QED) is 0.755. The molecule has 1 heterocycles. The summed E-state index contributed by atoms with van der Waals surface area (Å²) in [6, 6.07) is 9.01. The standard InChI is InChI=1S/C21H24FN3O4S/c1-13-3-5-17(6-4-13)30(28,29)25-9-7-15(8-10-25)21(27)24-19-12-16(20(23)26)11-18(22)14(19)2/h3-6,11-12,15H,7-10H2,1-2H3,(H2,23,26)(H,24,27). The summed E-state index contributed by atoms with van der Waals surface area (Å²) in [6.45, 7) is 3.80. The van der Waals surface area contributed by atoms with Gasteiger partial charge in [0.05, 0.1) is 4.90 Å². The molecule has 0 saturated carbocycles. The predicted octanol–water partition coefficient (Wildman–Crippen LogP) is 2.58. The molecular formula is C21H24FN3O4S. The fourth-order valence-electron chi connectivity index (χ4n) is 3.40. The third kappa shape index (κ3) is 4.52. The highest BCUT2D eigenvalue weighted by Gasteiger charge is 2.32. The zero-order valence-electron chi connectivity index (χ0n) is 16.8. The van der Waals surface area contributed by atoms with Gasteiger partial charge in [0.25, 0.3) is 0 Å². The van der Waals surface area contributed by atoms with Crippen LogP contribution in [0.2, 0.25) is 0 Å².